The second-order valence-corrected chi connectivity index (χ2v) is 5.80. The zero-order valence-corrected chi connectivity index (χ0v) is 13.9. The van der Waals surface area contributed by atoms with E-state index >= 15 is 0 Å². The molecule has 1 aliphatic rings. The first-order valence-electron chi connectivity index (χ1n) is 7.91. The van der Waals surface area contributed by atoms with E-state index in [1.165, 1.54) is 0 Å². The van der Waals surface area contributed by atoms with Gasteiger partial charge in [-0.2, -0.15) is 0 Å². The lowest BCUT2D eigenvalue weighted by molar-refractivity contribution is -0.118. The summed E-state index contributed by atoms with van der Waals surface area (Å²) in [6.07, 6.45) is 0.292. The van der Waals surface area contributed by atoms with Gasteiger partial charge in [-0.3, -0.25) is 4.79 Å². The Morgan fingerprint density at radius 3 is 2.46 bits per heavy atom. The Balaban J connectivity index is 1.83. The van der Waals surface area contributed by atoms with Crippen LogP contribution in [0.3, 0.4) is 0 Å². The molecule has 1 aliphatic heterocycles. The number of aliphatic hydroxyl groups excluding tert-OH is 1. The van der Waals surface area contributed by atoms with Gasteiger partial charge in [-0.1, -0.05) is 18.2 Å². The molecule has 24 heavy (non-hydrogen) atoms. The van der Waals surface area contributed by atoms with E-state index in [0.29, 0.717) is 25.1 Å². The van der Waals surface area contributed by atoms with Crippen molar-refractivity contribution in [1.82, 2.24) is 0 Å². The van der Waals surface area contributed by atoms with Crippen LogP contribution in [0.25, 0.3) is 0 Å². The van der Waals surface area contributed by atoms with Crippen molar-refractivity contribution in [3.63, 3.8) is 0 Å². The molecule has 0 spiro atoms. The second kappa shape index (κ2) is 6.93. The van der Waals surface area contributed by atoms with Crippen LogP contribution in [-0.2, 0) is 11.2 Å². The van der Waals surface area contributed by atoms with Gasteiger partial charge >= 0.3 is 0 Å². The van der Waals surface area contributed by atoms with Crippen molar-refractivity contribution in [3.8, 4) is 11.5 Å². The van der Waals surface area contributed by atoms with Gasteiger partial charge < -0.3 is 19.5 Å². The molecule has 0 saturated heterocycles. The van der Waals surface area contributed by atoms with Crippen molar-refractivity contribution >= 4 is 11.6 Å². The minimum atomic E-state index is -0.545. The zero-order valence-electron chi connectivity index (χ0n) is 13.9. The molecule has 1 amide bonds. The minimum absolute atomic E-state index is 0.00145. The van der Waals surface area contributed by atoms with Gasteiger partial charge in [0.05, 0.1) is 32.4 Å². The first kappa shape index (κ1) is 16.3. The summed E-state index contributed by atoms with van der Waals surface area (Å²) in [7, 11) is 3.20. The van der Waals surface area contributed by atoms with E-state index < -0.39 is 6.10 Å². The van der Waals surface area contributed by atoms with Crippen molar-refractivity contribution < 1.29 is 19.4 Å². The Labute approximate surface area is 141 Å². The Morgan fingerprint density at radius 1 is 1.12 bits per heavy atom. The van der Waals surface area contributed by atoms with Gasteiger partial charge in [0.25, 0.3) is 0 Å². The zero-order chi connectivity index (χ0) is 17.1. The summed E-state index contributed by atoms with van der Waals surface area (Å²) in [5, 5.41) is 10.2. The molecule has 0 radical (unpaired) electrons. The number of ether oxygens (including phenoxy) is 2. The van der Waals surface area contributed by atoms with Crippen molar-refractivity contribution in [1.29, 1.82) is 0 Å². The first-order chi connectivity index (χ1) is 11.6. The number of benzene rings is 2. The topological polar surface area (TPSA) is 59.0 Å². The number of hydrogen-bond donors (Lipinski definition) is 1. The number of carbonyl (C=O) groups excluding carboxylic acids is 1. The minimum Gasteiger partial charge on any atom is -0.497 e. The lowest BCUT2D eigenvalue weighted by Crippen LogP contribution is -2.37. The molecule has 2 aromatic carbocycles. The standard InChI is InChI=1S/C19H21NO4/c1-23-14-5-3-13(4-6-14)11-19(22)20-10-9-18(21)16-8-7-15(24-2)12-17(16)20/h3-8,12,18,21H,9-11H2,1-2H3. The fourth-order valence-electron chi connectivity index (χ4n) is 2.97. The molecule has 2 aromatic rings. The highest BCUT2D eigenvalue weighted by atomic mass is 16.5. The lowest BCUT2D eigenvalue weighted by atomic mass is 9.97. The van der Waals surface area contributed by atoms with E-state index in [4.69, 9.17) is 9.47 Å². The molecule has 1 heterocycles. The van der Waals surface area contributed by atoms with Crippen LogP contribution in [0.2, 0.25) is 0 Å². The van der Waals surface area contributed by atoms with Crippen LogP contribution in [0, 0.1) is 0 Å². The molecule has 1 atom stereocenters. The number of amides is 1. The van der Waals surface area contributed by atoms with Crippen LogP contribution in [0.1, 0.15) is 23.7 Å². The lowest BCUT2D eigenvalue weighted by Gasteiger charge is -2.32. The third-order valence-corrected chi connectivity index (χ3v) is 4.33. The van der Waals surface area contributed by atoms with Crippen LogP contribution in [0.4, 0.5) is 5.69 Å². The molecule has 1 unspecified atom stereocenters. The number of hydrogen-bond acceptors (Lipinski definition) is 4. The predicted molar refractivity (Wildman–Crippen MR) is 91.6 cm³/mol. The van der Waals surface area contributed by atoms with E-state index in [1.54, 1.807) is 25.2 Å². The number of fused-ring (bicyclic) bond motifs is 1. The van der Waals surface area contributed by atoms with Crippen LogP contribution in [0.5, 0.6) is 11.5 Å². The molecular weight excluding hydrogens is 306 g/mol. The summed E-state index contributed by atoms with van der Waals surface area (Å²) in [6, 6.07) is 12.9. The summed E-state index contributed by atoms with van der Waals surface area (Å²) in [4.78, 5) is 14.5. The number of anilines is 1. The average molecular weight is 327 g/mol. The molecule has 0 fully saturated rings. The number of nitrogens with zero attached hydrogens (tertiary/aromatic N) is 1. The van der Waals surface area contributed by atoms with Crippen molar-refractivity contribution in [2.24, 2.45) is 0 Å². The van der Waals surface area contributed by atoms with Crippen LogP contribution >= 0.6 is 0 Å². The highest BCUT2D eigenvalue weighted by Crippen LogP contribution is 2.36. The van der Waals surface area contributed by atoms with E-state index in [2.05, 4.69) is 0 Å². The first-order valence-corrected chi connectivity index (χ1v) is 7.91. The van der Waals surface area contributed by atoms with Crippen LogP contribution < -0.4 is 14.4 Å². The van der Waals surface area contributed by atoms with Crippen LogP contribution in [-0.4, -0.2) is 31.8 Å². The normalized spacial score (nSPS) is 16.5. The molecule has 5 heteroatoms. The Morgan fingerprint density at radius 2 is 1.79 bits per heavy atom. The molecule has 126 valence electrons. The van der Waals surface area contributed by atoms with Gasteiger partial charge in [0.15, 0.2) is 0 Å². The molecule has 1 N–H and O–H groups in total. The fourth-order valence-corrected chi connectivity index (χ4v) is 2.97. The molecule has 0 saturated carbocycles. The van der Waals surface area contributed by atoms with Crippen molar-refractivity contribution in [2.75, 3.05) is 25.7 Å². The number of rotatable bonds is 4. The molecule has 3 rings (SSSR count). The summed E-state index contributed by atoms with van der Waals surface area (Å²) in [6.45, 7) is 0.496. The third kappa shape index (κ3) is 3.21. The van der Waals surface area contributed by atoms with Crippen LogP contribution in [0.15, 0.2) is 42.5 Å². The number of methoxy groups -OCH3 is 2. The summed E-state index contributed by atoms with van der Waals surface area (Å²) in [5.74, 6) is 1.44. The second-order valence-electron chi connectivity index (χ2n) is 5.80. The smallest absolute Gasteiger partial charge is 0.231 e. The van der Waals surface area contributed by atoms with Gasteiger partial charge in [-0.15, -0.1) is 0 Å². The number of carbonyl (C=O) groups is 1. The fraction of sp³-hybridized carbons (Fsp3) is 0.316. The third-order valence-electron chi connectivity index (χ3n) is 4.33. The van der Waals surface area contributed by atoms with E-state index in [-0.39, 0.29) is 5.91 Å². The van der Waals surface area contributed by atoms with E-state index in [1.807, 2.05) is 36.4 Å². The van der Waals surface area contributed by atoms with Crippen molar-refractivity contribution in [3.05, 3.63) is 53.6 Å². The Bertz CT molecular complexity index is 727. The molecule has 0 aromatic heterocycles. The Kier molecular flexibility index (Phi) is 4.71. The highest BCUT2D eigenvalue weighted by Gasteiger charge is 2.28. The summed E-state index contributed by atoms with van der Waals surface area (Å²) < 4.78 is 10.4. The maximum absolute atomic E-state index is 12.8. The molecule has 5 nitrogen and oxygen atoms in total. The molecule has 0 bridgehead atoms. The summed E-state index contributed by atoms with van der Waals surface area (Å²) >= 11 is 0. The SMILES string of the molecule is COc1ccc(CC(=O)N2CCC(O)c3ccc(OC)cc32)cc1. The van der Waals surface area contributed by atoms with Gasteiger partial charge in [0.2, 0.25) is 5.91 Å². The summed E-state index contributed by atoms with van der Waals surface area (Å²) in [5.41, 5.74) is 2.42. The van der Waals surface area contributed by atoms with Gasteiger partial charge in [0, 0.05) is 18.2 Å². The van der Waals surface area contributed by atoms with E-state index in [0.717, 1.165) is 22.6 Å². The number of aliphatic hydroxyl groups is 1. The van der Waals surface area contributed by atoms with Gasteiger partial charge in [-0.05, 0) is 30.2 Å². The predicted octanol–water partition coefficient (Wildman–Crippen LogP) is 2.72. The van der Waals surface area contributed by atoms with Crippen molar-refractivity contribution in [2.45, 2.75) is 18.9 Å². The average Bonchev–Trinajstić information content (AvgIpc) is 2.62. The maximum atomic E-state index is 12.8. The largest absolute Gasteiger partial charge is 0.497 e. The van der Waals surface area contributed by atoms with Gasteiger partial charge in [0.1, 0.15) is 11.5 Å². The Hall–Kier alpha value is -2.53. The maximum Gasteiger partial charge on any atom is 0.231 e. The monoisotopic (exact) mass is 327 g/mol. The molecular formula is C19H21NO4. The van der Waals surface area contributed by atoms with E-state index in [9.17, 15) is 9.90 Å². The molecule has 0 aliphatic carbocycles. The quantitative estimate of drug-likeness (QED) is 0.938. The van der Waals surface area contributed by atoms with Gasteiger partial charge in [-0.25, -0.2) is 0 Å². The highest BCUT2D eigenvalue weighted by molar-refractivity contribution is 5.96.